The number of ether oxygens (including phenoxy) is 1. The molecule has 1 fully saturated rings. The van der Waals surface area contributed by atoms with Crippen LogP contribution in [0.1, 0.15) is 5.56 Å². The van der Waals surface area contributed by atoms with Gasteiger partial charge in [-0.25, -0.2) is 4.39 Å². The van der Waals surface area contributed by atoms with Gasteiger partial charge in [0.25, 0.3) is 5.91 Å². The van der Waals surface area contributed by atoms with Crippen molar-refractivity contribution in [3.63, 3.8) is 0 Å². The Kier molecular flexibility index (Phi) is 5.59. The number of rotatable bonds is 4. The van der Waals surface area contributed by atoms with Crippen molar-refractivity contribution >= 4 is 23.2 Å². The average Bonchev–Trinajstić information content (AvgIpc) is 2.67. The van der Waals surface area contributed by atoms with Crippen molar-refractivity contribution in [2.45, 2.75) is 0 Å². The van der Waals surface area contributed by atoms with Crippen LogP contribution < -0.4 is 9.64 Å². The molecule has 7 heteroatoms. The Balaban J connectivity index is 1.52. The van der Waals surface area contributed by atoms with Gasteiger partial charge in [0.2, 0.25) is 0 Å². The highest BCUT2D eigenvalue weighted by Gasteiger charge is 2.23. The van der Waals surface area contributed by atoms with Gasteiger partial charge in [-0.1, -0.05) is 11.6 Å². The minimum absolute atomic E-state index is 0.0488. The van der Waals surface area contributed by atoms with Gasteiger partial charge in [0, 0.05) is 31.2 Å². The van der Waals surface area contributed by atoms with Gasteiger partial charge in [-0.05, 0) is 42.5 Å². The molecule has 1 aliphatic rings. The van der Waals surface area contributed by atoms with Crippen LogP contribution in [0.3, 0.4) is 0 Å². The molecule has 1 amide bonds. The van der Waals surface area contributed by atoms with E-state index in [-0.39, 0.29) is 12.5 Å². The van der Waals surface area contributed by atoms with E-state index in [2.05, 4.69) is 0 Å². The minimum atomic E-state index is -0.421. The summed E-state index contributed by atoms with van der Waals surface area (Å²) in [6.45, 7) is 1.97. The molecule has 0 aliphatic carbocycles. The van der Waals surface area contributed by atoms with Crippen molar-refractivity contribution in [2.75, 3.05) is 37.7 Å². The summed E-state index contributed by atoms with van der Waals surface area (Å²) in [6.07, 6.45) is 0. The number of carbonyl (C=O) groups is 1. The normalized spacial score (nSPS) is 14.0. The van der Waals surface area contributed by atoms with E-state index in [0.717, 1.165) is 0 Å². The van der Waals surface area contributed by atoms with E-state index in [1.807, 2.05) is 11.0 Å². The largest absolute Gasteiger partial charge is 0.484 e. The molecule has 0 bridgehead atoms. The number of anilines is 1. The van der Waals surface area contributed by atoms with Crippen molar-refractivity contribution in [1.82, 2.24) is 4.90 Å². The molecule has 0 spiro atoms. The zero-order valence-electron chi connectivity index (χ0n) is 14.0. The van der Waals surface area contributed by atoms with Gasteiger partial charge in [-0.3, -0.25) is 4.79 Å². The maximum atomic E-state index is 14.1. The van der Waals surface area contributed by atoms with E-state index < -0.39 is 5.82 Å². The van der Waals surface area contributed by atoms with E-state index >= 15 is 0 Å². The highest BCUT2D eigenvalue weighted by Crippen LogP contribution is 2.22. The summed E-state index contributed by atoms with van der Waals surface area (Å²) in [6, 6.07) is 13.2. The standard InChI is InChI=1S/C19H17ClFN3O2/c20-15-2-4-16(5-3-15)26-13-19(25)24-9-7-23(8-10-24)18-6-1-14(12-22)11-17(18)21/h1-6,11H,7-10,13H2. The number of amides is 1. The van der Waals surface area contributed by atoms with Crippen LogP contribution in [0.2, 0.25) is 5.02 Å². The first-order chi connectivity index (χ1) is 12.6. The Hall–Kier alpha value is -2.78. The molecule has 0 atom stereocenters. The van der Waals surface area contributed by atoms with E-state index in [4.69, 9.17) is 21.6 Å². The van der Waals surface area contributed by atoms with Gasteiger partial charge in [-0.15, -0.1) is 0 Å². The molecule has 134 valence electrons. The second-order valence-corrected chi connectivity index (χ2v) is 6.32. The molecule has 1 heterocycles. The van der Waals surface area contributed by atoms with Crippen LogP contribution in [0.15, 0.2) is 42.5 Å². The Morgan fingerprint density at radius 2 is 1.85 bits per heavy atom. The summed E-state index contributed by atoms with van der Waals surface area (Å²) in [5, 5.41) is 9.42. The first-order valence-corrected chi connectivity index (χ1v) is 8.55. The van der Waals surface area contributed by atoms with Crippen LogP contribution in [0.5, 0.6) is 5.75 Å². The summed E-state index contributed by atoms with van der Waals surface area (Å²) in [5.41, 5.74) is 0.743. The van der Waals surface area contributed by atoms with Gasteiger partial charge >= 0.3 is 0 Å². The SMILES string of the molecule is N#Cc1ccc(N2CCN(C(=O)COc3ccc(Cl)cc3)CC2)c(F)c1. The van der Waals surface area contributed by atoms with Crippen LogP contribution in [-0.2, 0) is 4.79 Å². The molecule has 1 saturated heterocycles. The van der Waals surface area contributed by atoms with E-state index in [1.165, 1.54) is 6.07 Å². The molecule has 3 rings (SSSR count). The van der Waals surface area contributed by atoms with Gasteiger partial charge in [0.15, 0.2) is 6.61 Å². The zero-order chi connectivity index (χ0) is 18.5. The summed E-state index contributed by atoms with van der Waals surface area (Å²) in [7, 11) is 0. The highest BCUT2D eigenvalue weighted by molar-refractivity contribution is 6.30. The molecule has 1 aliphatic heterocycles. The van der Waals surface area contributed by atoms with Gasteiger partial charge in [0.1, 0.15) is 11.6 Å². The molecular weight excluding hydrogens is 357 g/mol. The Labute approximate surface area is 156 Å². The molecule has 0 saturated carbocycles. The molecule has 0 radical (unpaired) electrons. The topological polar surface area (TPSA) is 56.6 Å². The molecular formula is C19H17ClFN3O2. The van der Waals surface area contributed by atoms with Crippen LogP contribution in [-0.4, -0.2) is 43.6 Å². The van der Waals surface area contributed by atoms with Crippen LogP contribution >= 0.6 is 11.6 Å². The Morgan fingerprint density at radius 1 is 1.15 bits per heavy atom. The van der Waals surface area contributed by atoms with Crippen LogP contribution in [0.4, 0.5) is 10.1 Å². The number of hydrogen-bond acceptors (Lipinski definition) is 4. The molecule has 0 unspecified atom stereocenters. The van der Waals surface area contributed by atoms with Crippen molar-refractivity contribution < 1.29 is 13.9 Å². The molecule has 26 heavy (non-hydrogen) atoms. The van der Waals surface area contributed by atoms with Gasteiger partial charge in [0.05, 0.1) is 17.3 Å². The molecule has 2 aromatic rings. The first kappa shape index (κ1) is 18.0. The lowest BCUT2D eigenvalue weighted by Gasteiger charge is -2.36. The maximum Gasteiger partial charge on any atom is 0.260 e. The third-order valence-electron chi connectivity index (χ3n) is 4.23. The fourth-order valence-corrected chi connectivity index (χ4v) is 2.92. The predicted molar refractivity (Wildman–Crippen MR) is 96.9 cm³/mol. The number of nitrogens with zero attached hydrogens (tertiary/aromatic N) is 3. The second kappa shape index (κ2) is 8.07. The van der Waals surface area contributed by atoms with E-state index in [9.17, 15) is 9.18 Å². The van der Waals surface area contributed by atoms with Crippen molar-refractivity contribution in [2.24, 2.45) is 0 Å². The molecule has 0 aromatic heterocycles. The summed E-state index contributed by atoms with van der Waals surface area (Å²) < 4.78 is 19.6. The number of nitriles is 1. The lowest BCUT2D eigenvalue weighted by molar-refractivity contribution is -0.133. The number of halogens is 2. The molecule has 2 aromatic carbocycles. The zero-order valence-corrected chi connectivity index (χ0v) is 14.7. The number of hydrogen-bond donors (Lipinski definition) is 0. The molecule has 5 nitrogen and oxygen atoms in total. The summed E-state index contributed by atoms with van der Waals surface area (Å²) in [4.78, 5) is 15.9. The van der Waals surface area contributed by atoms with Crippen molar-refractivity contribution in [1.29, 1.82) is 5.26 Å². The van der Waals surface area contributed by atoms with E-state index in [0.29, 0.717) is 48.2 Å². The fourth-order valence-electron chi connectivity index (χ4n) is 2.80. The minimum Gasteiger partial charge on any atom is -0.484 e. The summed E-state index contributed by atoms with van der Waals surface area (Å²) in [5.74, 6) is 0.0517. The average molecular weight is 374 g/mol. The number of carbonyl (C=O) groups excluding carboxylic acids is 1. The third-order valence-corrected chi connectivity index (χ3v) is 4.48. The van der Waals surface area contributed by atoms with Crippen LogP contribution in [0, 0.1) is 17.1 Å². The Morgan fingerprint density at radius 3 is 2.46 bits per heavy atom. The van der Waals surface area contributed by atoms with E-state index in [1.54, 1.807) is 41.3 Å². The summed E-state index contributed by atoms with van der Waals surface area (Å²) >= 11 is 5.81. The lowest BCUT2D eigenvalue weighted by Crippen LogP contribution is -2.50. The lowest BCUT2D eigenvalue weighted by atomic mass is 10.2. The van der Waals surface area contributed by atoms with Gasteiger partial charge in [-0.2, -0.15) is 5.26 Å². The smallest absolute Gasteiger partial charge is 0.260 e. The quantitative estimate of drug-likeness (QED) is 0.826. The first-order valence-electron chi connectivity index (χ1n) is 8.17. The maximum absolute atomic E-state index is 14.1. The molecule has 0 N–H and O–H groups in total. The monoisotopic (exact) mass is 373 g/mol. The van der Waals surface area contributed by atoms with Crippen molar-refractivity contribution in [3.05, 3.63) is 58.9 Å². The highest BCUT2D eigenvalue weighted by atomic mass is 35.5. The number of benzene rings is 2. The third kappa shape index (κ3) is 4.24. The fraction of sp³-hybridized carbons (Fsp3) is 0.263. The van der Waals surface area contributed by atoms with Crippen molar-refractivity contribution in [3.8, 4) is 11.8 Å². The second-order valence-electron chi connectivity index (χ2n) is 5.89. The number of piperazine rings is 1. The Bertz CT molecular complexity index is 828. The van der Waals surface area contributed by atoms with Gasteiger partial charge < -0.3 is 14.5 Å². The van der Waals surface area contributed by atoms with Crippen LogP contribution in [0.25, 0.3) is 0 Å². The predicted octanol–water partition coefficient (Wildman–Crippen LogP) is 3.08.